The molecule has 0 aliphatic rings. The van der Waals surface area contributed by atoms with Crippen molar-refractivity contribution in [3.8, 4) is 5.75 Å². The minimum Gasteiger partial charge on any atom is -0.485 e. The van der Waals surface area contributed by atoms with E-state index in [1.807, 2.05) is 37.6 Å². The molecule has 0 aliphatic heterocycles. The van der Waals surface area contributed by atoms with Gasteiger partial charge in [0.2, 0.25) is 0 Å². The lowest BCUT2D eigenvalue weighted by atomic mass is 10.1. The van der Waals surface area contributed by atoms with Crippen LogP contribution in [0.25, 0.3) is 0 Å². The normalized spacial score (nSPS) is 10.7. The van der Waals surface area contributed by atoms with E-state index in [-0.39, 0.29) is 0 Å². The molecule has 5 heteroatoms. The van der Waals surface area contributed by atoms with Gasteiger partial charge in [0.15, 0.2) is 5.82 Å². The molecule has 0 fully saturated rings. The zero-order chi connectivity index (χ0) is 13.8. The summed E-state index contributed by atoms with van der Waals surface area (Å²) >= 11 is 0. The van der Waals surface area contributed by atoms with Gasteiger partial charge in [-0.2, -0.15) is 0 Å². The van der Waals surface area contributed by atoms with Gasteiger partial charge in [-0.3, -0.25) is 0 Å². The fourth-order valence-corrected chi connectivity index (χ4v) is 1.99. The van der Waals surface area contributed by atoms with Gasteiger partial charge in [0, 0.05) is 7.05 Å². The fourth-order valence-electron chi connectivity index (χ4n) is 1.99. The molecule has 0 radical (unpaired) electrons. The van der Waals surface area contributed by atoms with Gasteiger partial charge >= 0.3 is 0 Å². The van der Waals surface area contributed by atoms with Crippen LogP contribution in [0.1, 0.15) is 22.8 Å². The number of benzene rings is 1. The van der Waals surface area contributed by atoms with Crippen molar-refractivity contribution in [2.45, 2.75) is 26.9 Å². The SMILES string of the molecule is Cc1cccc(CCN)c1OCc1nnc(C)n1C. The number of nitrogens with two attached hydrogens (primary N) is 1. The summed E-state index contributed by atoms with van der Waals surface area (Å²) < 4.78 is 7.85. The van der Waals surface area contributed by atoms with Crippen LogP contribution in [0, 0.1) is 13.8 Å². The van der Waals surface area contributed by atoms with E-state index in [1.165, 1.54) is 0 Å². The highest BCUT2D eigenvalue weighted by molar-refractivity contribution is 5.41. The van der Waals surface area contributed by atoms with Crippen LogP contribution in [0.2, 0.25) is 0 Å². The molecule has 2 aromatic rings. The molecule has 0 saturated carbocycles. The lowest BCUT2D eigenvalue weighted by molar-refractivity contribution is 0.286. The van der Waals surface area contributed by atoms with Gasteiger partial charge in [-0.15, -0.1) is 10.2 Å². The Balaban J connectivity index is 2.17. The lowest BCUT2D eigenvalue weighted by Gasteiger charge is -2.13. The Morgan fingerprint density at radius 3 is 2.68 bits per heavy atom. The molecule has 1 aromatic carbocycles. The van der Waals surface area contributed by atoms with E-state index in [0.717, 1.165) is 34.9 Å². The standard InChI is InChI=1S/C14H20N4O/c1-10-5-4-6-12(7-8-15)14(10)19-9-13-17-16-11(2)18(13)3/h4-6H,7-9,15H2,1-3H3. The average molecular weight is 260 g/mol. The van der Waals surface area contributed by atoms with Gasteiger partial charge in [-0.1, -0.05) is 18.2 Å². The summed E-state index contributed by atoms with van der Waals surface area (Å²) in [6.45, 7) is 4.99. The van der Waals surface area contributed by atoms with Crippen LogP contribution >= 0.6 is 0 Å². The Hall–Kier alpha value is -1.88. The molecule has 0 spiro atoms. The summed E-state index contributed by atoms with van der Waals surface area (Å²) in [5.74, 6) is 2.61. The van der Waals surface area contributed by atoms with Gasteiger partial charge < -0.3 is 15.0 Å². The number of hydrogen-bond acceptors (Lipinski definition) is 4. The van der Waals surface area contributed by atoms with Gasteiger partial charge in [0.1, 0.15) is 18.2 Å². The van der Waals surface area contributed by atoms with Crippen LogP contribution in [0.3, 0.4) is 0 Å². The second-order valence-corrected chi connectivity index (χ2v) is 4.61. The summed E-state index contributed by atoms with van der Waals surface area (Å²) in [5.41, 5.74) is 7.89. The maximum absolute atomic E-state index is 5.92. The maximum atomic E-state index is 5.92. The van der Waals surface area contributed by atoms with E-state index in [4.69, 9.17) is 10.5 Å². The van der Waals surface area contributed by atoms with E-state index in [2.05, 4.69) is 16.3 Å². The van der Waals surface area contributed by atoms with Crippen LogP contribution in [0.4, 0.5) is 0 Å². The van der Waals surface area contributed by atoms with Crippen molar-refractivity contribution in [1.82, 2.24) is 14.8 Å². The Bertz CT molecular complexity index is 563. The molecule has 19 heavy (non-hydrogen) atoms. The second-order valence-electron chi connectivity index (χ2n) is 4.61. The van der Waals surface area contributed by atoms with Crippen molar-refractivity contribution in [1.29, 1.82) is 0 Å². The number of para-hydroxylation sites is 1. The third kappa shape index (κ3) is 2.93. The van der Waals surface area contributed by atoms with Crippen molar-refractivity contribution in [3.63, 3.8) is 0 Å². The van der Waals surface area contributed by atoms with Crippen LogP contribution in [0.5, 0.6) is 5.75 Å². The van der Waals surface area contributed by atoms with Gasteiger partial charge in [0.05, 0.1) is 0 Å². The fraction of sp³-hybridized carbons (Fsp3) is 0.429. The smallest absolute Gasteiger partial charge is 0.170 e. The summed E-state index contributed by atoms with van der Waals surface area (Å²) in [7, 11) is 1.94. The van der Waals surface area contributed by atoms with Crippen molar-refractivity contribution in [2.24, 2.45) is 12.8 Å². The number of hydrogen-bond donors (Lipinski definition) is 1. The highest BCUT2D eigenvalue weighted by Crippen LogP contribution is 2.24. The van der Waals surface area contributed by atoms with Crippen LogP contribution < -0.4 is 10.5 Å². The Morgan fingerprint density at radius 1 is 1.26 bits per heavy atom. The molecule has 0 atom stereocenters. The third-order valence-corrected chi connectivity index (χ3v) is 3.24. The largest absolute Gasteiger partial charge is 0.485 e. The summed E-state index contributed by atoms with van der Waals surface area (Å²) in [4.78, 5) is 0. The summed E-state index contributed by atoms with van der Waals surface area (Å²) in [5, 5.41) is 8.12. The molecular formula is C14H20N4O. The first-order chi connectivity index (χ1) is 9.13. The number of ether oxygens (including phenoxy) is 1. The topological polar surface area (TPSA) is 66.0 Å². The Labute approximate surface area is 113 Å². The number of aromatic nitrogens is 3. The zero-order valence-electron chi connectivity index (χ0n) is 11.7. The Morgan fingerprint density at radius 2 is 2.05 bits per heavy atom. The molecule has 102 valence electrons. The quantitative estimate of drug-likeness (QED) is 0.885. The highest BCUT2D eigenvalue weighted by atomic mass is 16.5. The summed E-state index contributed by atoms with van der Waals surface area (Å²) in [6, 6.07) is 6.12. The minimum absolute atomic E-state index is 0.416. The molecule has 0 bridgehead atoms. The molecular weight excluding hydrogens is 240 g/mol. The van der Waals surface area contributed by atoms with E-state index in [9.17, 15) is 0 Å². The molecule has 0 amide bonds. The van der Waals surface area contributed by atoms with Crippen molar-refractivity contribution in [3.05, 3.63) is 41.0 Å². The molecule has 1 heterocycles. The lowest BCUT2D eigenvalue weighted by Crippen LogP contribution is -2.09. The monoisotopic (exact) mass is 260 g/mol. The molecule has 0 unspecified atom stereocenters. The molecule has 2 rings (SSSR count). The maximum Gasteiger partial charge on any atom is 0.170 e. The predicted octanol–water partition coefficient (Wildman–Crippen LogP) is 1.51. The van der Waals surface area contributed by atoms with Crippen molar-refractivity contribution < 1.29 is 4.74 Å². The van der Waals surface area contributed by atoms with Crippen LogP contribution in [-0.2, 0) is 20.1 Å². The van der Waals surface area contributed by atoms with E-state index in [1.54, 1.807) is 0 Å². The van der Waals surface area contributed by atoms with Crippen molar-refractivity contribution in [2.75, 3.05) is 6.54 Å². The predicted molar refractivity (Wildman–Crippen MR) is 74.0 cm³/mol. The molecule has 0 aliphatic carbocycles. The molecule has 1 aromatic heterocycles. The Kier molecular flexibility index (Phi) is 4.16. The van der Waals surface area contributed by atoms with E-state index < -0.39 is 0 Å². The summed E-state index contributed by atoms with van der Waals surface area (Å²) in [6.07, 6.45) is 0.814. The van der Waals surface area contributed by atoms with Crippen LogP contribution in [0.15, 0.2) is 18.2 Å². The molecule has 5 nitrogen and oxygen atoms in total. The van der Waals surface area contributed by atoms with Gasteiger partial charge in [-0.25, -0.2) is 0 Å². The van der Waals surface area contributed by atoms with E-state index in [0.29, 0.717) is 13.2 Å². The van der Waals surface area contributed by atoms with Gasteiger partial charge in [0.25, 0.3) is 0 Å². The van der Waals surface area contributed by atoms with Crippen LogP contribution in [-0.4, -0.2) is 21.3 Å². The van der Waals surface area contributed by atoms with E-state index >= 15 is 0 Å². The number of aryl methyl sites for hydroxylation is 2. The minimum atomic E-state index is 0.416. The number of nitrogens with zero attached hydrogens (tertiary/aromatic N) is 3. The van der Waals surface area contributed by atoms with Gasteiger partial charge in [-0.05, 0) is 37.9 Å². The first-order valence-electron chi connectivity index (χ1n) is 6.39. The number of rotatable bonds is 5. The first kappa shape index (κ1) is 13.5. The second kappa shape index (κ2) is 5.84. The van der Waals surface area contributed by atoms with Crippen molar-refractivity contribution >= 4 is 0 Å². The molecule has 0 saturated heterocycles. The molecule has 2 N–H and O–H groups in total. The first-order valence-corrected chi connectivity index (χ1v) is 6.39. The average Bonchev–Trinajstić information content (AvgIpc) is 2.70. The highest BCUT2D eigenvalue weighted by Gasteiger charge is 2.10. The third-order valence-electron chi connectivity index (χ3n) is 3.24. The zero-order valence-corrected chi connectivity index (χ0v) is 11.7.